The number of unbranched alkanes of at least 4 members (excludes halogenated alkanes) is 1. The fourth-order valence-electron chi connectivity index (χ4n) is 2.04. The van der Waals surface area contributed by atoms with E-state index in [2.05, 4.69) is 29.6 Å². The van der Waals surface area contributed by atoms with Crippen LogP contribution in [0.2, 0.25) is 0 Å². The zero-order valence-electron chi connectivity index (χ0n) is 11.1. The molecule has 3 heteroatoms. The Bertz CT molecular complexity index is 485. The molecule has 1 aromatic heterocycles. The molecule has 1 N–H and O–H groups in total. The number of hydrogen-bond donors (Lipinski definition) is 1. The van der Waals surface area contributed by atoms with Crippen molar-refractivity contribution in [3.63, 3.8) is 0 Å². The van der Waals surface area contributed by atoms with E-state index in [4.69, 9.17) is 0 Å². The third-order valence-corrected chi connectivity index (χ3v) is 3.11. The summed E-state index contributed by atoms with van der Waals surface area (Å²) in [4.78, 5) is 0. The molecule has 0 atom stereocenters. The van der Waals surface area contributed by atoms with Crippen LogP contribution in [0.5, 0.6) is 0 Å². The molecule has 1 aromatic carbocycles. The second kappa shape index (κ2) is 7.54. The van der Waals surface area contributed by atoms with Crippen LogP contribution < -0.4 is 10.0 Å². The topological polar surface area (TPSA) is 39.0 Å². The molecule has 0 aliphatic rings. The van der Waals surface area contributed by atoms with E-state index in [0.29, 0.717) is 0 Å². The molecule has 19 heavy (non-hydrogen) atoms. The van der Waals surface area contributed by atoms with Crippen LogP contribution in [0.3, 0.4) is 0 Å². The Morgan fingerprint density at radius 1 is 0.947 bits per heavy atom. The van der Waals surface area contributed by atoms with Crippen molar-refractivity contribution < 1.29 is 4.73 Å². The molecular formula is C16H20N2O. The van der Waals surface area contributed by atoms with Gasteiger partial charge in [-0.25, -0.2) is 0 Å². The molecule has 100 valence electrons. The van der Waals surface area contributed by atoms with Gasteiger partial charge in [-0.3, -0.25) is 0 Å². The number of rotatable bonds is 7. The molecule has 0 fully saturated rings. The molecule has 0 amide bonds. The molecule has 0 aliphatic carbocycles. The van der Waals surface area contributed by atoms with Crippen molar-refractivity contribution >= 4 is 0 Å². The van der Waals surface area contributed by atoms with Gasteiger partial charge in [-0.2, -0.15) is 4.73 Å². The summed E-state index contributed by atoms with van der Waals surface area (Å²) < 4.78 is 0.956. The van der Waals surface area contributed by atoms with Crippen molar-refractivity contribution in [1.82, 2.24) is 5.32 Å². The molecule has 0 unspecified atom stereocenters. The summed E-state index contributed by atoms with van der Waals surface area (Å²) in [5.41, 5.74) is 2.16. The first-order valence-corrected chi connectivity index (χ1v) is 6.78. The van der Waals surface area contributed by atoms with Gasteiger partial charge in [0.25, 0.3) is 0 Å². The van der Waals surface area contributed by atoms with Crippen LogP contribution in [0.25, 0.3) is 0 Å². The van der Waals surface area contributed by atoms with Crippen molar-refractivity contribution in [1.29, 1.82) is 0 Å². The largest absolute Gasteiger partial charge is 0.619 e. The summed E-state index contributed by atoms with van der Waals surface area (Å²) in [6.07, 6.45) is 4.52. The summed E-state index contributed by atoms with van der Waals surface area (Å²) in [7, 11) is 0. The van der Waals surface area contributed by atoms with Gasteiger partial charge in [-0.15, -0.1) is 0 Å². The zero-order chi connectivity index (χ0) is 13.3. The Morgan fingerprint density at radius 3 is 2.53 bits per heavy atom. The Labute approximate surface area is 114 Å². The average Bonchev–Trinajstić information content (AvgIpc) is 2.45. The van der Waals surface area contributed by atoms with Gasteiger partial charge in [0.2, 0.25) is 0 Å². The maximum absolute atomic E-state index is 11.4. The minimum absolute atomic E-state index is 0.845. The predicted octanol–water partition coefficient (Wildman–Crippen LogP) is 2.43. The van der Waals surface area contributed by atoms with E-state index in [-0.39, 0.29) is 0 Å². The average molecular weight is 256 g/mol. The van der Waals surface area contributed by atoms with Crippen LogP contribution in [-0.2, 0) is 13.0 Å². The predicted molar refractivity (Wildman–Crippen MR) is 76.5 cm³/mol. The molecule has 2 aromatic rings. The summed E-state index contributed by atoms with van der Waals surface area (Å²) in [5.74, 6) is 0. The second-order valence-electron chi connectivity index (χ2n) is 4.64. The first-order chi connectivity index (χ1) is 9.36. The Hall–Kier alpha value is -1.87. The molecular weight excluding hydrogens is 236 g/mol. The zero-order valence-corrected chi connectivity index (χ0v) is 11.1. The maximum atomic E-state index is 11.4. The first kappa shape index (κ1) is 13.6. The summed E-state index contributed by atoms with van der Waals surface area (Å²) in [5, 5.41) is 14.8. The Kier molecular flexibility index (Phi) is 5.38. The molecule has 0 aliphatic heterocycles. The third-order valence-electron chi connectivity index (χ3n) is 3.11. The van der Waals surface area contributed by atoms with E-state index in [1.165, 1.54) is 5.56 Å². The normalized spacial score (nSPS) is 10.5. The molecule has 0 saturated heterocycles. The number of hydrogen-bond acceptors (Lipinski definition) is 2. The lowest BCUT2D eigenvalue weighted by Crippen LogP contribution is -2.30. The van der Waals surface area contributed by atoms with Crippen molar-refractivity contribution in [2.45, 2.75) is 25.8 Å². The molecule has 0 bridgehead atoms. The first-order valence-electron chi connectivity index (χ1n) is 6.78. The second-order valence-corrected chi connectivity index (χ2v) is 4.64. The monoisotopic (exact) mass is 256 g/mol. The minimum atomic E-state index is 0.845. The highest BCUT2D eigenvalue weighted by Crippen LogP contribution is 2.00. The van der Waals surface area contributed by atoms with E-state index in [1.807, 2.05) is 18.2 Å². The number of nitrogens with zero attached hydrogens (tertiary/aromatic N) is 1. The van der Waals surface area contributed by atoms with Gasteiger partial charge in [0, 0.05) is 25.1 Å². The highest BCUT2D eigenvalue weighted by atomic mass is 16.5. The van der Waals surface area contributed by atoms with E-state index in [9.17, 15) is 5.21 Å². The van der Waals surface area contributed by atoms with Crippen molar-refractivity contribution in [2.75, 3.05) is 6.54 Å². The van der Waals surface area contributed by atoms with Gasteiger partial charge < -0.3 is 10.5 Å². The fourth-order valence-corrected chi connectivity index (χ4v) is 2.04. The Morgan fingerprint density at radius 2 is 1.74 bits per heavy atom. The minimum Gasteiger partial charge on any atom is -0.619 e. The van der Waals surface area contributed by atoms with Crippen LogP contribution in [0.15, 0.2) is 54.7 Å². The van der Waals surface area contributed by atoms with Crippen molar-refractivity contribution in [3.05, 3.63) is 71.2 Å². The van der Waals surface area contributed by atoms with Crippen molar-refractivity contribution in [2.24, 2.45) is 0 Å². The van der Waals surface area contributed by atoms with Crippen LogP contribution >= 0.6 is 0 Å². The highest BCUT2D eigenvalue weighted by molar-refractivity contribution is 5.14. The van der Waals surface area contributed by atoms with E-state index in [0.717, 1.165) is 42.8 Å². The molecule has 0 spiro atoms. The lowest BCUT2D eigenvalue weighted by molar-refractivity contribution is -0.614. The lowest BCUT2D eigenvalue weighted by Gasteiger charge is -2.05. The third kappa shape index (κ3) is 4.72. The molecule has 2 rings (SSSR count). The maximum Gasteiger partial charge on any atom is 0.192 e. The number of nitrogens with one attached hydrogen (secondary N) is 1. The summed E-state index contributed by atoms with van der Waals surface area (Å²) in [6.45, 7) is 1.90. The standard InChI is InChI=1S/C16H20N2O/c19-18-13-7-5-11-16(18)10-4-6-12-17-14-15-8-2-1-3-9-15/h1-3,5,7-9,11,13,17H,4,6,10,12,14H2. The van der Waals surface area contributed by atoms with E-state index in [1.54, 1.807) is 12.3 Å². The lowest BCUT2D eigenvalue weighted by atomic mass is 10.1. The van der Waals surface area contributed by atoms with Crippen LogP contribution in [0.1, 0.15) is 24.1 Å². The Balaban J connectivity index is 1.59. The van der Waals surface area contributed by atoms with Crippen molar-refractivity contribution in [3.8, 4) is 0 Å². The molecule has 1 heterocycles. The van der Waals surface area contributed by atoms with Gasteiger partial charge >= 0.3 is 0 Å². The molecule has 3 nitrogen and oxygen atoms in total. The quantitative estimate of drug-likeness (QED) is 0.469. The summed E-state index contributed by atoms with van der Waals surface area (Å²) in [6, 6.07) is 16.0. The number of pyridine rings is 1. The smallest absolute Gasteiger partial charge is 0.192 e. The fraction of sp³-hybridized carbons (Fsp3) is 0.312. The number of aryl methyl sites for hydroxylation is 1. The van der Waals surface area contributed by atoms with Crippen LogP contribution in [-0.4, -0.2) is 6.54 Å². The van der Waals surface area contributed by atoms with Crippen LogP contribution in [0, 0.1) is 5.21 Å². The van der Waals surface area contributed by atoms with E-state index < -0.39 is 0 Å². The SMILES string of the molecule is [O-][n+]1ccccc1CCCCNCc1ccccc1. The van der Waals surface area contributed by atoms with Crippen LogP contribution in [0.4, 0.5) is 0 Å². The van der Waals surface area contributed by atoms with E-state index >= 15 is 0 Å². The molecule has 0 radical (unpaired) electrons. The van der Waals surface area contributed by atoms with Gasteiger partial charge in [0.05, 0.1) is 0 Å². The summed E-state index contributed by atoms with van der Waals surface area (Å²) >= 11 is 0. The highest BCUT2D eigenvalue weighted by Gasteiger charge is 2.02. The number of aromatic nitrogens is 1. The van der Waals surface area contributed by atoms with Gasteiger partial charge in [0.1, 0.15) is 0 Å². The van der Waals surface area contributed by atoms with Gasteiger partial charge in [0.15, 0.2) is 11.9 Å². The molecule has 0 saturated carbocycles. The van der Waals surface area contributed by atoms with Gasteiger partial charge in [-0.05, 0) is 24.9 Å². The number of benzene rings is 1. The van der Waals surface area contributed by atoms with Gasteiger partial charge in [-0.1, -0.05) is 36.4 Å².